The quantitative estimate of drug-likeness (QED) is 0.774. The monoisotopic (exact) mass is 223 g/mol. The van der Waals surface area contributed by atoms with E-state index in [-0.39, 0.29) is 18.6 Å². The molecule has 0 unspecified atom stereocenters. The molecule has 1 aromatic carbocycles. The highest BCUT2D eigenvalue weighted by Gasteiger charge is 2.03. The van der Waals surface area contributed by atoms with Gasteiger partial charge in [-0.15, -0.1) is 0 Å². The van der Waals surface area contributed by atoms with E-state index in [4.69, 9.17) is 15.1 Å². The molecule has 0 fully saturated rings. The Hall–Kier alpha value is -2.09. The highest BCUT2D eigenvalue weighted by atomic mass is 19.1. The zero-order valence-corrected chi connectivity index (χ0v) is 8.44. The van der Waals surface area contributed by atoms with Gasteiger partial charge in [0.25, 0.3) is 0 Å². The third-order valence-electron chi connectivity index (χ3n) is 1.86. The second-order valence-electron chi connectivity index (χ2n) is 3.10. The number of carboxylic acids is 1. The van der Waals surface area contributed by atoms with Gasteiger partial charge in [0, 0.05) is 12.5 Å². The summed E-state index contributed by atoms with van der Waals surface area (Å²) in [7, 11) is 0. The highest BCUT2D eigenvalue weighted by molar-refractivity contribution is 5.66. The Labute approximate surface area is 91.9 Å². The first kappa shape index (κ1) is 12.0. The summed E-state index contributed by atoms with van der Waals surface area (Å²) in [6.45, 7) is 0.206. The minimum absolute atomic E-state index is 0.0127. The van der Waals surface area contributed by atoms with Crippen LogP contribution in [0, 0.1) is 17.1 Å². The van der Waals surface area contributed by atoms with Crippen LogP contribution in [0.4, 0.5) is 4.39 Å². The Morgan fingerprint density at radius 2 is 2.31 bits per heavy atom. The van der Waals surface area contributed by atoms with Crippen LogP contribution in [0.2, 0.25) is 0 Å². The molecule has 0 atom stereocenters. The van der Waals surface area contributed by atoms with E-state index in [1.54, 1.807) is 6.07 Å². The summed E-state index contributed by atoms with van der Waals surface area (Å²) in [5.41, 5.74) is -0.0436. The summed E-state index contributed by atoms with van der Waals surface area (Å²) in [4.78, 5) is 10.2. The number of benzene rings is 1. The normalized spacial score (nSPS) is 9.50. The Morgan fingerprint density at radius 1 is 1.56 bits per heavy atom. The molecule has 0 aromatic heterocycles. The van der Waals surface area contributed by atoms with Crippen molar-refractivity contribution in [1.82, 2.24) is 0 Å². The first-order valence-corrected chi connectivity index (χ1v) is 4.67. The fourth-order valence-electron chi connectivity index (χ4n) is 1.09. The average molecular weight is 223 g/mol. The van der Waals surface area contributed by atoms with Crippen molar-refractivity contribution < 1.29 is 19.0 Å². The van der Waals surface area contributed by atoms with Gasteiger partial charge in [0.2, 0.25) is 0 Å². The van der Waals surface area contributed by atoms with E-state index in [0.717, 1.165) is 6.07 Å². The van der Waals surface area contributed by atoms with Gasteiger partial charge in [-0.05, 0) is 18.6 Å². The van der Waals surface area contributed by atoms with Gasteiger partial charge >= 0.3 is 5.97 Å². The van der Waals surface area contributed by atoms with Crippen LogP contribution in [-0.2, 0) is 4.79 Å². The number of hydrogen-bond donors (Lipinski definition) is 1. The number of aliphatic carboxylic acids is 1. The topological polar surface area (TPSA) is 70.3 Å². The molecule has 0 bridgehead atoms. The predicted molar refractivity (Wildman–Crippen MR) is 53.5 cm³/mol. The van der Waals surface area contributed by atoms with Crippen LogP contribution >= 0.6 is 0 Å². The molecule has 1 rings (SSSR count). The van der Waals surface area contributed by atoms with Crippen LogP contribution in [0.1, 0.15) is 18.4 Å². The van der Waals surface area contributed by atoms with E-state index >= 15 is 0 Å². The highest BCUT2D eigenvalue weighted by Crippen LogP contribution is 2.16. The lowest BCUT2D eigenvalue weighted by molar-refractivity contribution is -0.137. The van der Waals surface area contributed by atoms with Gasteiger partial charge < -0.3 is 9.84 Å². The van der Waals surface area contributed by atoms with Crippen LogP contribution in [-0.4, -0.2) is 17.7 Å². The van der Waals surface area contributed by atoms with Gasteiger partial charge in [-0.3, -0.25) is 4.79 Å². The van der Waals surface area contributed by atoms with Gasteiger partial charge in [-0.2, -0.15) is 5.26 Å². The molecule has 0 saturated carbocycles. The molecule has 0 spiro atoms. The van der Waals surface area contributed by atoms with E-state index in [1.807, 2.05) is 0 Å². The maximum absolute atomic E-state index is 13.1. The van der Waals surface area contributed by atoms with Crippen molar-refractivity contribution in [1.29, 1.82) is 5.26 Å². The SMILES string of the molecule is N#Cc1ccc(OCCCC(=O)O)cc1F. The molecule has 1 N–H and O–H groups in total. The van der Waals surface area contributed by atoms with Crippen LogP contribution in [0.5, 0.6) is 5.75 Å². The van der Waals surface area contributed by atoms with Crippen molar-refractivity contribution in [2.45, 2.75) is 12.8 Å². The molecule has 0 aliphatic carbocycles. The van der Waals surface area contributed by atoms with Gasteiger partial charge in [0.05, 0.1) is 12.2 Å². The van der Waals surface area contributed by atoms with E-state index in [9.17, 15) is 9.18 Å². The number of ether oxygens (including phenoxy) is 1. The number of nitriles is 1. The molecular weight excluding hydrogens is 213 g/mol. The minimum Gasteiger partial charge on any atom is -0.493 e. The van der Waals surface area contributed by atoms with E-state index in [2.05, 4.69) is 0 Å². The lowest BCUT2D eigenvalue weighted by atomic mass is 10.2. The van der Waals surface area contributed by atoms with Crippen molar-refractivity contribution in [3.05, 3.63) is 29.6 Å². The van der Waals surface area contributed by atoms with Gasteiger partial charge in [0.1, 0.15) is 17.6 Å². The summed E-state index contributed by atoms with van der Waals surface area (Å²) < 4.78 is 18.2. The second kappa shape index (κ2) is 5.71. The molecule has 1 aromatic rings. The fraction of sp³-hybridized carbons (Fsp3) is 0.273. The largest absolute Gasteiger partial charge is 0.493 e. The first-order chi connectivity index (χ1) is 7.63. The Bertz CT molecular complexity index is 426. The maximum atomic E-state index is 13.1. The molecule has 0 aliphatic heterocycles. The Kier molecular flexibility index (Phi) is 4.28. The molecule has 4 nitrogen and oxygen atoms in total. The molecule has 5 heteroatoms. The molecule has 0 aliphatic rings. The Morgan fingerprint density at radius 3 is 2.88 bits per heavy atom. The summed E-state index contributed by atoms with van der Waals surface area (Å²) in [5, 5.41) is 16.9. The van der Waals surface area contributed by atoms with Crippen LogP contribution in [0.15, 0.2) is 18.2 Å². The van der Waals surface area contributed by atoms with E-state index in [0.29, 0.717) is 12.2 Å². The van der Waals surface area contributed by atoms with Crippen molar-refractivity contribution in [3.8, 4) is 11.8 Å². The van der Waals surface area contributed by atoms with Crippen molar-refractivity contribution in [2.24, 2.45) is 0 Å². The number of rotatable bonds is 5. The summed E-state index contributed by atoms with van der Waals surface area (Å²) >= 11 is 0. The standard InChI is InChI=1S/C11H10FNO3/c12-10-6-9(4-3-8(10)7-13)16-5-1-2-11(14)15/h3-4,6H,1-2,5H2,(H,14,15). The molecule has 84 valence electrons. The molecule has 0 heterocycles. The lowest BCUT2D eigenvalue weighted by Crippen LogP contribution is -2.02. The maximum Gasteiger partial charge on any atom is 0.303 e. The average Bonchev–Trinajstić information content (AvgIpc) is 2.24. The van der Waals surface area contributed by atoms with Crippen molar-refractivity contribution >= 4 is 5.97 Å². The first-order valence-electron chi connectivity index (χ1n) is 4.67. The minimum atomic E-state index is -0.894. The predicted octanol–water partition coefficient (Wildman–Crippen LogP) is 1.94. The van der Waals surface area contributed by atoms with E-state index in [1.165, 1.54) is 12.1 Å². The third kappa shape index (κ3) is 3.58. The van der Waals surface area contributed by atoms with Gasteiger partial charge in [-0.25, -0.2) is 4.39 Å². The second-order valence-corrected chi connectivity index (χ2v) is 3.10. The van der Waals surface area contributed by atoms with Crippen molar-refractivity contribution in [3.63, 3.8) is 0 Å². The molecule has 0 amide bonds. The lowest BCUT2D eigenvalue weighted by Gasteiger charge is -2.05. The summed E-state index contributed by atoms with van der Waals surface area (Å²) in [5.74, 6) is -1.24. The molecule has 0 saturated heterocycles. The number of halogens is 1. The summed E-state index contributed by atoms with van der Waals surface area (Å²) in [6, 6.07) is 5.60. The van der Waals surface area contributed by atoms with E-state index < -0.39 is 11.8 Å². The summed E-state index contributed by atoms with van der Waals surface area (Å²) in [6.07, 6.45) is 0.371. The fourth-order valence-corrected chi connectivity index (χ4v) is 1.09. The number of hydrogen-bond acceptors (Lipinski definition) is 3. The zero-order chi connectivity index (χ0) is 12.0. The van der Waals surface area contributed by atoms with Crippen LogP contribution < -0.4 is 4.74 Å². The Balaban J connectivity index is 2.47. The molecular formula is C11H10FNO3. The van der Waals surface area contributed by atoms with Crippen LogP contribution in [0.25, 0.3) is 0 Å². The van der Waals surface area contributed by atoms with Gasteiger partial charge in [0.15, 0.2) is 0 Å². The third-order valence-corrected chi connectivity index (χ3v) is 1.86. The number of carbonyl (C=O) groups is 1. The smallest absolute Gasteiger partial charge is 0.303 e. The number of carboxylic acid groups (broad SMARTS) is 1. The molecule has 16 heavy (non-hydrogen) atoms. The van der Waals surface area contributed by atoms with Crippen molar-refractivity contribution in [2.75, 3.05) is 6.61 Å². The number of nitrogens with zero attached hydrogens (tertiary/aromatic N) is 1. The molecule has 0 radical (unpaired) electrons. The van der Waals surface area contributed by atoms with Crippen LogP contribution in [0.3, 0.4) is 0 Å². The van der Waals surface area contributed by atoms with Gasteiger partial charge in [-0.1, -0.05) is 0 Å². The zero-order valence-electron chi connectivity index (χ0n) is 8.44.